The first kappa shape index (κ1) is 19.2. The van der Waals surface area contributed by atoms with Crippen LogP contribution in [0.15, 0.2) is 10.2 Å². The van der Waals surface area contributed by atoms with E-state index in [0.717, 1.165) is 0 Å². The van der Waals surface area contributed by atoms with E-state index in [2.05, 4.69) is 35.5 Å². The van der Waals surface area contributed by atoms with Gasteiger partial charge in [-0.05, 0) is 21.3 Å². The van der Waals surface area contributed by atoms with Gasteiger partial charge in [0.15, 0.2) is 0 Å². The number of rotatable bonds is 0. The molecule has 0 aromatic carbocycles. The zero-order chi connectivity index (χ0) is 9.98. The molecule has 0 fully saturated rings. The molecule has 0 saturated heterocycles. The van der Waals surface area contributed by atoms with E-state index in [-0.39, 0.29) is 17.1 Å². The van der Waals surface area contributed by atoms with Crippen molar-refractivity contribution in [2.45, 2.75) is 0 Å². The molecule has 0 aliphatic heterocycles. The zero-order valence-corrected chi connectivity index (χ0v) is 11.2. The number of hydrogen-bond donors (Lipinski definition) is 2. The Morgan fingerprint density at radius 2 is 1.23 bits per heavy atom. The molecule has 0 spiro atoms. The van der Waals surface area contributed by atoms with Gasteiger partial charge < -0.3 is 36.9 Å². The maximum absolute atomic E-state index is 4.75. The van der Waals surface area contributed by atoms with E-state index in [9.17, 15) is 0 Å². The molecule has 0 unspecified atom stereocenters. The van der Waals surface area contributed by atoms with E-state index >= 15 is 0 Å². The Labute approximate surface area is 108 Å². The second kappa shape index (κ2) is 15.1. The van der Waals surface area contributed by atoms with Crippen LogP contribution in [0.3, 0.4) is 0 Å². The zero-order valence-electron chi connectivity index (χ0n) is 6.98. The van der Waals surface area contributed by atoms with Gasteiger partial charge in [0.1, 0.15) is 0 Å². The average Bonchev–Trinajstić information content (AvgIpc) is 2.16. The summed E-state index contributed by atoms with van der Waals surface area (Å²) in [4.78, 5) is 0. The second-order valence-electron chi connectivity index (χ2n) is 1.20. The molecule has 0 aromatic rings. The van der Waals surface area contributed by atoms with E-state index in [0.29, 0.717) is 8.75 Å². The molecular weight excluding hydrogens is 296 g/mol. The smallest absolute Gasteiger partial charge is 0.752 e. The molecule has 0 atom stereocenters. The van der Waals surface area contributed by atoms with Crippen molar-refractivity contribution in [2.75, 3.05) is 12.5 Å². The molecule has 0 aromatic heterocycles. The summed E-state index contributed by atoms with van der Waals surface area (Å²) in [5, 5.41) is 6.40. The molecule has 4 N–H and O–H groups in total. The molecule has 4 nitrogen and oxygen atoms in total. The predicted molar refractivity (Wildman–Crippen MR) is 65.0 cm³/mol. The topological polar surface area (TPSA) is 76.8 Å². The summed E-state index contributed by atoms with van der Waals surface area (Å²) in [7, 11) is 0. The number of nitrogens with zero attached hydrogens (tertiary/aromatic N) is 2. The van der Waals surface area contributed by atoms with Crippen LogP contribution in [0.2, 0.25) is 0 Å². The maximum atomic E-state index is 4.75. The van der Waals surface area contributed by atoms with Crippen molar-refractivity contribution >= 4 is 57.5 Å². The number of hydrazone groups is 2. The molecule has 0 aliphatic rings. The Kier molecular flexibility index (Phi) is 22.3. The van der Waals surface area contributed by atoms with Crippen LogP contribution in [0.1, 0.15) is 0 Å². The van der Waals surface area contributed by atoms with Crippen LogP contribution in [0.5, 0.6) is 0 Å². The maximum Gasteiger partial charge on any atom is 2.00 e. The summed E-state index contributed by atoms with van der Waals surface area (Å²) in [6.07, 6.45) is 3.66. The molecule has 9 heteroatoms. The molecule has 0 bridgehead atoms. The Bertz CT molecular complexity index is 144. The van der Waals surface area contributed by atoms with Gasteiger partial charge in [-0.15, -0.1) is 23.5 Å². The minimum atomic E-state index is 0. The van der Waals surface area contributed by atoms with Crippen molar-refractivity contribution in [1.82, 2.24) is 0 Å². The van der Waals surface area contributed by atoms with Gasteiger partial charge in [0.25, 0.3) is 0 Å². The Morgan fingerprint density at radius 3 is 1.23 bits per heavy atom. The van der Waals surface area contributed by atoms with Crippen molar-refractivity contribution in [2.24, 2.45) is 21.9 Å². The summed E-state index contributed by atoms with van der Waals surface area (Å²) in [5.74, 6) is 9.49. The van der Waals surface area contributed by atoms with Crippen LogP contribution in [0.4, 0.5) is 0 Å². The van der Waals surface area contributed by atoms with Crippen molar-refractivity contribution in [1.29, 1.82) is 0 Å². The van der Waals surface area contributed by atoms with Crippen LogP contribution < -0.4 is 11.7 Å². The third-order valence-corrected chi connectivity index (χ3v) is 2.68. The molecule has 0 rings (SSSR count). The van der Waals surface area contributed by atoms with E-state index in [4.69, 9.17) is 11.7 Å². The van der Waals surface area contributed by atoms with Crippen LogP contribution in [-0.2, 0) is 42.3 Å². The number of thioether (sulfide) groups is 2. The van der Waals surface area contributed by atoms with Gasteiger partial charge in [0.05, 0.1) is 0 Å². The van der Waals surface area contributed by atoms with Crippen molar-refractivity contribution in [3.63, 3.8) is 0 Å². The molecule has 81 valence electrons. The molecule has 0 saturated carbocycles. The summed E-state index contributed by atoms with van der Waals surface area (Å²) in [5.41, 5.74) is 0. The quantitative estimate of drug-likeness (QED) is 0.167. The molecule has 1 radical (unpaired) electrons. The van der Waals surface area contributed by atoms with Gasteiger partial charge in [-0.2, -0.15) is 0 Å². The summed E-state index contributed by atoms with van der Waals surface area (Å²) in [6.45, 7) is 0. The Morgan fingerprint density at radius 1 is 1.00 bits per heavy atom. The minimum Gasteiger partial charge on any atom is -0.752 e. The van der Waals surface area contributed by atoms with Gasteiger partial charge in [-0.1, -0.05) is 0 Å². The van der Waals surface area contributed by atoms with E-state index in [1.807, 2.05) is 12.5 Å². The monoisotopic (exact) mass is 305 g/mol. The third-order valence-electron chi connectivity index (χ3n) is 0.560. The average molecular weight is 306 g/mol. The van der Waals surface area contributed by atoms with Crippen molar-refractivity contribution in [3.05, 3.63) is 0 Å². The third kappa shape index (κ3) is 19.1. The normalized spacial score (nSPS) is 10.9. The minimum absolute atomic E-state index is 0. The van der Waals surface area contributed by atoms with Gasteiger partial charge in [0.2, 0.25) is 0 Å². The van der Waals surface area contributed by atoms with E-state index in [1.54, 1.807) is 0 Å². The fourth-order valence-corrected chi connectivity index (χ4v) is 0.316. The first-order chi connectivity index (χ1) is 5.62. The second-order valence-corrected chi connectivity index (χ2v) is 4.08. The Balaban J connectivity index is -0.000000143. The molecule has 0 amide bonds. The van der Waals surface area contributed by atoms with Crippen LogP contribution in [0.25, 0.3) is 0 Å². The molecule has 0 heterocycles. The standard InChI is InChI=1S/2C2H6N2S2.Cu/c2*1-6-2(5)4-3;/h2*3H2,1H3,(H,4,5);/q;;+2/p-2. The van der Waals surface area contributed by atoms with Crippen LogP contribution >= 0.6 is 23.5 Å². The SMILES string of the molecule is CS/C([S-])=N/N.CS/C([S-])=N\N.[Cu+2]. The van der Waals surface area contributed by atoms with Crippen LogP contribution in [0, 0.1) is 0 Å². The molecule has 13 heavy (non-hydrogen) atoms. The van der Waals surface area contributed by atoms with Gasteiger partial charge in [-0.25, -0.2) is 10.2 Å². The molecule has 0 aliphatic carbocycles. The first-order valence-electron chi connectivity index (χ1n) is 2.60. The van der Waals surface area contributed by atoms with Gasteiger partial charge in [0, 0.05) is 0 Å². The fourth-order valence-electron chi connectivity index (χ4n) is 0.105. The van der Waals surface area contributed by atoms with Crippen LogP contribution in [-0.4, -0.2) is 21.3 Å². The largest absolute Gasteiger partial charge is 2.00 e. The van der Waals surface area contributed by atoms with E-state index < -0.39 is 0 Å². The van der Waals surface area contributed by atoms with E-state index in [1.165, 1.54) is 23.5 Å². The molecular formula is C4H10CuN4S4. The summed E-state index contributed by atoms with van der Waals surface area (Å²) >= 11 is 11.8. The van der Waals surface area contributed by atoms with Gasteiger partial charge in [-0.3, -0.25) is 0 Å². The number of hydrogen-bond acceptors (Lipinski definition) is 8. The van der Waals surface area contributed by atoms with Crippen molar-refractivity contribution in [3.8, 4) is 0 Å². The van der Waals surface area contributed by atoms with Crippen molar-refractivity contribution < 1.29 is 17.1 Å². The summed E-state index contributed by atoms with van der Waals surface area (Å²) < 4.78 is 0.991. The van der Waals surface area contributed by atoms with Gasteiger partial charge >= 0.3 is 17.1 Å². The first-order valence-corrected chi connectivity index (χ1v) is 5.86. The number of nitrogens with two attached hydrogens (primary N) is 2. The summed E-state index contributed by atoms with van der Waals surface area (Å²) in [6, 6.07) is 0. The fraction of sp³-hybridized carbons (Fsp3) is 0.500. The predicted octanol–water partition coefficient (Wildman–Crippen LogP) is 0.250. The Hall–Kier alpha value is 0.599.